The van der Waals surface area contributed by atoms with E-state index in [2.05, 4.69) is 9.88 Å². The second-order valence-corrected chi connectivity index (χ2v) is 10.7. The average Bonchev–Trinajstić information content (AvgIpc) is 3.24. The Hall–Kier alpha value is -1.52. The second kappa shape index (κ2) is 8.69. The zero-order valence-corrected chi connectivity index (χ0v) is 18.3. The van der Waals surface area contributed by atoms with E-state index in [-0.39, 0.29) is 10.3 Å². The largest absolute Gasteiger partial charge is 0.492 e. The molecule has 0 unspecified atom stereocenters. The van der Waals surface area contributed by atoms with Gasteiger partial charge in [0.1, 0.15) is 15.7 Å². The average molecular weight is 438 g/mol. The summed E-state index contributed by atoms with van der Waals surface area (Å²) in [6, 6.07) is 6.93. The summed E-state index contributed by atoms with van der Waals surface area (Å²) in [7, 11) is -2.04. The first-order valence-electron chi connectivity index (χ1n) is 9.84. The van der Waals surface area contributed by atoms with Crippen LogP contribution in [0.1, 0.15) is 17.8 Å². The molecule has 3 heterocycles. The van der Waals surface area contributed by atoms with Gasteiger partial charge >= 0.3 is 0 Å². The van der Waals surface area contributed by atoms with Gasteiger partial charge in [0, 0.05) is 37.2 Å². The number of likely N-dealkylation sites (tertiary alicyclic amines) is 1. The van der Waals surface area contributed by atoms with Crippen molar-refractivity contribution in [1.29, 1.82) is 0 Å². The fraction of sp³-hybridized carbons (Fsp3) is 0.550. The standard InChI is InChI=1S/C20H27N3O4S2/c1-26-12-11-23-15-20(6-9-22(10-7-20)14-19-21-8-13-28-19)16-27-17-4-2-3-5-18(17)29(23,24)25/h2-5,8,13H,6-7,9-12,14-16H2,1H3. The Balaban J connectivity index is 1.56. The highest BCUT2D eigenvalue weighted by Gasteiger charge is 2.42. The van der Waals surface area contributed by atoms with Gasteiger partial charge in [-0.05, 0) is 38.1 Å². The van der Waals surface area contributed by atoms with Crippen LogP contribution in [0.3, 0.4) is 0 Å². The topological polar surface area (TPSA) is 72.0 Å². The highest BCUT2D eigenvalue weighted by molar-refractivity contribution is 7.89. The Morgan fingerprint density at radius 3 is 2.79 bits per heavy atom. The third kappa shape index (κ3) is 4.49. The summed E-state index contributed by atoms with van der Waals surface area (Å²) >= 11 is 1.67. The van der Waals surface area contributed by atoms with Crippen molar-refractivity contribution < 1.29 is 17.9 Å². The van der Waals surface area contributed by atoms with Crippen molar-refractivity contribution >= 4 is 21.4 Å². The Morgan fingerprint density at radius 2 is 2.07 bits per heavy atom. The van der Waals surface area contributed by atoms with Crippen LogP contribution in [0.5, 0.6) is 5.75 Å². The SMILES string of the molecule is COCCN1CC2(CCN(Cc3nccs3)CC2)COc2ccccc2S1(=O)=O. The van der Waals surface area contributed by atoms with E-state index >= 15 is 0 Å². The first kappa shape index (κ1) is 20.7. The molecule has 0 radical (unpaired) electrons. The lowest BCUT2D eigenvalue weighted by Crippen LogP contribution is -2.51. The fourth-order valence-electron chi connectivity index (χ4n) is 4.06. The van der Waals surface area contributed by atoms with Gasteiger partial charge in [-0.15, -0.1) is 11.3 Å². The molecular formula is C20H27N3O4S2. The molecule has 0 saturated carbocycles. The van der Waals surface area contributed by atoms with E-state index in [4.69, 9.17) is 9.47 Å². The summed E-state index contributed by atoms with van der Waals surface area (Å²) in [4.78, 5) is 7.02. The molecule has 158 valence electrons. The number of ether oxygens (including phenoxy) is 2. The molecule has 1 fully saturated rings. The first-order valence-corrected chi connectivity index (χ1v) is 12.2. The quantitative estimate of drug-likeness (QED) is 0.716. The minimum absolute atomic E-state index is 0.201. The zero-order chi connectivity index (χ0) is 20.3. The van der Waals surface area contributed by atoms with Crippen LogP contribution < -0.4 is 4.74 Å². The normalized spacial score (nSPS) is 21.8. The summed E-state index contributed by atoms with van der Waals surface area (Å²) in [6.07, 6.45) is 3.61. The van der Waals surface area contributed by atoms with Crippen LogP contribution in [0.25, 0.3) is 0 Å². The number of hydrogen-bond donors (Lipinski definition) is 0. The number of piperidine rings is 1. The molecule has 0 amide bonds. The lowest BCUT2D eigenvalue weighted by Gasteiger charge is -2.44. The molecule has 1 saturated heterocycles. The molecule has 2 aromatic rings. The van der Waals surface area contributed by atoms with Crippen LogP contribution in [-0.4, -0.2) is 69.1 Å². The van der Waals surface area contributed by atoms with Crippen LogP contribution >= 0.6 is 11.3 Å². The van der Waals surface area contributed by atoms with Gasteiger partial charge in [-0.3, -0.25) is 4.90 Å². The Bertz CT molecular complexity index is 910. The number of sulfonamides is 1. The molecule has 1 aromatic carbocycles. The van der Waals surface area contributed by atoms with Crippen LogP contribution in [-0.2, 0) is 21.3 Å². The van der Waals surface area contributed by atoms with Crippen molar-refractivity contribution in [2.24, 2.45) is 5.41 Å². The van der Waals surface area contributed by atoms with Crippen molar-refractivity contribution in [3.63, 3.8) is 0 Å². The first-order chi connectivity index (χ1) is 14.0. The van der Waals surface area contributed by atoms with E-state index in [0.29, 0.717) is 32.1 Å². The Morgan fingerprint density at radius 1 is 1.28 bits per heavy atom. The highest BCUT2D eigenvalue weighted by atomic mass is 32.2. The Kier molecular flexibility index (Phi) is 6.21. The monoisotopic (exact) mass is 437 g/mol. The van der Waals surface area contributed by atoms with Gasteiger partial charge in [0.2, 0.25) is 10.0 Å². The molecule has 0 N–H and O–H groups in total. The second-order valence-electron chi connectivity index (χ2n) is 7.77. The number of rotatable bonds is 5. The molecule has 0 bridgehead atoms. The summed E-state index contributed by atoms with van der Waals surface area (Å²) in [5.74, 6) is 0.444. The van der Waals surface area contributed by atoms with Crippen LogP contribution in [0, 0.1) is 5.41 Å². The molecular weight excluding hydrogens is 410 g/mol. The number of hydrogen-bond acceptors (Lipinski definition) is 7. The number of para-hydroxylation sites is 1. The van der Waals surface area contributed by atoms with Gasteiger partial charge in [-0.2, -0.15) is 4.31 Å². The third-order valence-corrected chi connectivity index (χ3v) is 8.47. The Labute approximate surface area is 176 Å². The molecule has 0 aliphatic carbocycles. The maximum atomic E-state index is 13.4. The van der Waals surface area contributed by atoms with Crippen LogP contribution in [0.15, 0.2) is 40.7 Å². The number of methoxy groups -OCH3 is 1. The van der Waals surface area contributed by atoms with Crippen molar-refractivity contribution in [3.05, 3.63) is 40.8 Å². The lowest BCUT2D eigenvalue weighted by molar-refractivity contribution is 0.0290. The minimum Gasteiger partial charge on any atom is -0.492 e. The fourth-order valence-corrected chi connectivity index (χ4v) is 6.39. The van der Waals surface area contributed by atoms with Gasteiger partial charge in [0.25, 0.3) is 0 Å². The molecule has 1 aromatic heterocycles. The predicted molar refractivity (Wildman–Crippen MR) is 112 cm³/mol. The molecule has 4 rings (SSSR count). The van der Waals surface area contributed by atoms with Crippen molar-refractivity contribution in [3.8, 4) is 5.75 Å². The molecule has 2 aliphatic heterocycles. The number of benzene rings is 1. The van der Waals surface area contributed by atoms with E-state index < -0.39 is 10.0 Å². The smallest absolute Gasteiger partial charge is 0.246 e. The van der Waals surface area contributed by atoms with E-state index in [9.17, 15) is 8.42 Å². The van der Waals surface area contributed by atoms with Crippen LogP contribution in [0.4, 0.5) is 0 Å². The van der Waals surface area contributed by atoms with Crippen LogP contribution in [0.2, 0.25) is 0 Å². The van der Waals surface area contributed by atoms with Gasteiger partial charge in [-0.25, -0.2) is 13.4 Å². The third-order valence-electron chi connectivity index (χ3n) is 5.82. The predicted octanol–water partition coefficient (Wildman–Crippen LogP) is 2.46. The van der Waals surface area contributed by atoms with Crippen molar-refractivity contribution in [1.82, 2.24) is 14.2 Å². The number of fused-ring (bicyclic) bond motifs is 1. The number of thiazole rings is 1. The number of nitrogens with zero attached hydrogens (tertiary/aromatic N) is 3. The summed E-state index contributed by atoms with van der Waals surface area (Å²) < 4.78 is 39.6. The minimum atomic E-state index is -3.64. The number of aromatic nitrogens is 1. The molecule has 0 atom stereocenters. The van der Waals surface area contributed by atoms with Gasteiger partial charge in [0.15, 0.2) is 0 Å². The summed E-state index contributed by atoms with van der Waals surface area (Å²) in [5, 5.41) is 3.12. The van der Waals surface area contributed by atoms with Gasteiger partial charge in [-0.1, -0.05) is 12.1 Å². The van der Waals surface area contributed by atoms with Crippen molar-refractivity contribution in [2.75, 3.05) is 46.5 Å². The van der Waals surface area contributed by atoms with E-state index in [1.165, 1.54) is 0 Å². The van der Waals surface area contributed by atoms with E-state index in [1.807, 2.05) is 17.6 Å². The molecule has 7 nitrogen and oxygen atoms in total. The van der Waals surface area contributed by atoms with E-state index in [1.54, 1.807) is 41.0 Å². The summed E-state index contributed by atoms with van der Waals surface area (Å²) in [6.45, 7) is 4.35. The van der Waals surface area contributed by atoms with E-state index in [0.717, 1.165) is 37.5 Å². The van der Waals surface area contributed by atoms with Gasteiger partial charge in [0.05, 0.1) is 19.8 Å². The lowest BCUT2D eigenvalue weighted by atomic mass is 9.78. The highest BCUT2D eigenvalue weighted by Crippen LogP contribution is 2.39. The zero-order valence-electron chi connectivity index (χ0n) is 16.6. The molecule has 1 spiro atoms. The van der Waals surface area contributed by atoms with Crippen molar-refractivity contribution in [2.45, 2.75) is 24.3 Å². The maximum Gasteiger partial charge on any atom is 0.246 e. The molecule has 2 aliphatic rings. The maximum absolute atomic E-state index is 13.4. The molecule has 29 heavy (non-hydrogen) atoms. The molecule has 9 heteroatoms. The van der Waals surface area contributed by atoms with Gasteiger partial charge < -0.3 is 9.47 Å². The summed E-state index contributed by atoms with van der Waals surface area (Å²) in [5.41, 5.74) is -0.201.